The Bertz CT molecular complexity index is 826. The van der Waals surface area contributed by atoms with Crippen LogP contribution < -0.4 is 16.0 Å². The number of nitrogens with one attached hydrogen (secondary N) is 3. The van der Waals surface area contributed by atoms with Gasteiger partial charge < -0.3 is 16.0 Å². The molecule has 160 valence electrons. The fourth-order valence-electron chi connectivity index (χ4n) is 6.32. The van der Waals surface area contributed by atoms with Gasteiger partial charge in [-0.3, -0.25) is 14.4 Å². The first-order valence-corrected chi connectivity index (χ1v) is 11.5. The summed E-state index contributed by atoms with van der Waals surface area (Å²) in [6.45, 7) is 0.355. The SMILES string of the molecule is O=C(CCNC(=O)C12CC3CC(CC(C3)C1)C2)Nc1cccc(C(=O)NC2CC2)c1. The van der Waals surface area contributed by atoms with E-state index in [-0.39, 0.29) is 29.6 Å². The van der Waals surface area contributed by atoms with E-state index < -0.39 is 0 Å². The molecule has 0 aliphatic heterocycles. The molecule has 0 atom stereocenters. The van der Waals surface area contributed by atoms with Gasteiger partial charge in [0.25, 0.3) is 5.91 Å². The molecule has 5 aliphatic carbocycles. The summed E-state index contributed by atoms with van der Waals surface area (Å²) in [5.74, 6) is 2.10. The van der Waals surface area contributed by atoms with E-state index >= 15 is 0 Å². The lowest BCUT2D eigenvalue weighted by Gasteiger charge is -2.55. The highest BCUT2D eigenvalue weighted by Crippen LogP contribution is 2.60. The maximum absolute atomic E-state index is 13.0. The fraction of sp³-hybridized carbons (Fsp3) is 0.625. The Balaban J connectivity index is 1.10. The number of carbonyl (C=O) groups is 3. The first kappa shape index (κ1) is 19.6. The molecule has 4 bridgehead atoms. The van der Waals surface area contributed by atoms with Crippen LogP contribution in [0.2, 0.25) is 0 Å². The van der Waals surface area contributed by atoms with Gasteiger partial charge in [0, 0.05) is 35.7 Å². The second-order valence-electron chi connectivity index (χ2n) is 10.1. The third-order valence-corrected chi connectivity index (χ3v) is 7.48. The van der Waals surface area contributed by atoms with Gasteiger partial charge in [-0.1, -0.05) is 6.07 Å². The summed E-state index contributed by atoms with van der Waals surface area (Å²) in [5, 5.41) is 8.85. The molecule has 0 unspecified atom stereocenters. The van der Waals surface area contributed by atoms with Gasteiger partial charge in [-0.15, -0.1) is 0 Å². The number of rotatable bonds is 7. The standard InChI is InChI=1S/C24H31N3O3/c28-21(26-20-3-1-2-18(11-20)22(29)27-19-4-5-19)6-7-25-23(30)24-12-15-8-16(13-24)10-17(9-15)14-24/h1-3,11,15-17,19H,4-10,12-14H2,(H,25,30)(H,26,28)(H,27,29). The van der Waals surface area contributed by atoms with Gasteiger partial charge >= 0.3 is 0 Å². The number of benzene rings is 1. The third-order valence-electron chi connectivity index (χ3n) is 7.48. The predicted octanol–water partition coefficient (Wildman–Crippen LogP) is 3.24. The first-order valence-electron chi connectivity index (χ1n) is 11.5. The highest BCUT2D eigenvalue weighted by molar-refractivity contribution is 5.97. The zero-order valence-electron chi connectivity index (χ0n) is 17.4. The molecule has 5 saturated carbocycles. The minimum atomic E-state index is -0.172. The minimum absolute atomic E-state index is 0.101. The highest BCUT2D eigenvalue weighted by Gasteiger charge is 2.54. The molecule has 3 N–H and O–H groups in total. The Labute approximate surface area is 177 Å². The van der Waals surface area contributed by atoms with Gasteiger partial charge in [0.15, 0.2) is 0 Å². The molecule has 0 heterocycles. The van der Waals surface area contributed by atoms with Crippen molar-refractivity contribution < 1.29 is 14.4 Å². The van der Waals surface area contributed by atoms with Crippen molar-refractivity contribution in [3.8, 4) is 0 Å². The van der Waals surface area contributed by atoms with Gasteiger partial charge in [-0.2, -0.15) is 0 Å². The summed E-state index contributed by atoms with van der Waals surface area (Å²) in [5.41, 5.74) is 0.986. The molecule has 5 fully saturated rings. The molecule has 0 radical (unpaired) electrons. The van der Waals surface area contributed by atoms with Gasteiger partial charge in [0.05, 0.1) is 0 Å². The molecule has 0 saturated heterocycles. The van der Waals surface area contributed by atoms with Crippen molar-refractivity contribution in [3.63, 3.8) is 0 Å². The van der Waals surface area contributed by atoms with Gasteiger partial charge in [0.2, 0.25) is 11.8 Å². The number of carbonyl (C=O) groups excluding carboxylic acids is 3. The fourth-order valence-corrected chi connectivity index (χ4v) is 6.32. The van der Waals surface area contributed by atoms with Crippen molar-refractivity contribution in [1.82, 2.24) is 10.6 Å². The largest absolute Gasteiger partial charge is 0.355 e. The van der Waals surface area contributed by atoms with E-state index in [1.165, 1.54) is 19.3 Å². The molecule has 6 rings (SSSR count). The van der Waals surface area contributed by atoms with E-state index in [9.17, 15) is 14.4 Å². The molecule has 0 aromatic heterocycles. The summed E-state index contributed by atoms with van der Waals surface area (Å²) in [6, 6.07) is 7.29. The van der Waals surface area contributed by atoms with Crippen LogP contribution in [0.4, 0.5) is 5.69 Å². The van der Waals surface area contributed by atoms with E-state index in [0.29, 0.717) is 23.8 Å². The number of anilines is 1. The van der Waals surface area contributed by atoms with Crippen molar-refractivity contribution in [2.75, 3.05) is 11.9 Å². The van der Waals surface area contributed by atoms with Crippen LogP contribution in [0.1, 0.15) is 68.1 Å². The Morgan fingerprint density at radius 2 is 1.63 bits per heavy atom. The zero-order chi connectivity index (χ0) is 20.7. The summed E-state index contributed by atoms with van der Waals surface area (Å²) in [6.07, 6.45) is 9.35. The first-order chi connectivity index (χ1) is 14.5. The molecule has 5 aliphatic rings. The molecule has 1 aromatic carbocycles. The number of amides is 3. The van der Waals surface area contributed by atoms with E-state index in [1.807, 2.05) is 0 Å². The topological polar surface area (TPSA) is 87.3 Å². The van der Waals surface area contributed by atoms with Crippen molar-refractivity contribution in [2.45, 2.75) is 63.8 Å². The number of hydrogen-bond acceptors (Lipinski definition) is 3. The normalized spacial score (nSPS) is 31.3. The van der Waals surface area contributed by atoms with Crippen molar-refractivity contribution in [1.29, 1.82) is 0 Å². The second kappa shape index (κ2) is 7.71. The van der Waals surface area contributed by atoms with Crippen molar-refractivity contribution in [3.05, 3.63) is 29.8 Å². The molecular formula is C24H31N3O3. The molecule has 3 amide bonds. The Morgan fingerprint density at radius 3 is 2.27 bits per heavy atom. The summed E-state index contributed by atoms with van der Waals surface area (Å²) in [4.78, 5) is 37.5. The summed E-state index contributed by atoms with van der Waals surface area (Å²) in [7, 11) is 0. The van der Waals surface area contributed by atoms with E-state index in [2.05, 4.69) is 16.0 Å². The second-order valence-corrected chi connectivity index (χ2v) is 10.1. The molecule has 1 aromatic rings. The highest BCUT2D eigenvalue weighted by atomic mass is 16.2. The van der Waals surface area contributed by atoms with Crippen LogP contribution >= 0.6 is 0 Å². The minimum Gasteiger partial charge on any atom is -0.355 e. The van der Waals surface area contributed by atoms with Crippen LogP contribution in [0.5, 0.6) is 0 Å². The Morgan fingerprint density at radius 1 is 0.967 bits per heavy atom. The van der Waals surface area contributed by atoms with Crippen LogP contribution in [0.25, 0.3) is 0 Å². The van der Waals surface area contributed by atoms with Crippen LogP contribution in [0.15, 0.2) is 24.3 Å². The third kappa shape index (κ3) is 4.09. The molecular weight excluding hydrogens is 378 g/mol. The maximum Gasteiger partial charge on any atom is 0.251 e. The quantitative estimate of drug-likeness (QED) is 0.646. The summed E-state index contributed by atoms with van der Waals surface area (Å²) < 4.78 is 0. The van der Waals surface area contributed by atoms with Gasteiger partial charge in [-0.05, 0) is 87.3 Å². The predicted molar refractivity (Wildman–Crippen MR) is 114 cm³/mol. The molecule has 30 heavy (non-hydrogen) atoms. The van der Waals surface area contributed by atoms with Gasteiger partial charge in [-0.25, -0.2) is 0 Å². The number of hydrogen-bond donors (Lipinski definition) is 3. The van der Waals surface area contributed by atoms with E-state index in [0.717, 1.165) is 49.9 Å². The lowest BCUT2D eigenvalue weighted by Crippen LogP contribution is -2.53. The smallest absolute Gasteiger partial charge is 0.251 e. The van der Waals surface area contributed by atoms with Crippen molar-refractivity contribution in [2.24, 2.45) is 23.2 Å². The van der Waals surface area contributed by atoms with E-state index in [1.54, 1.807) is 24.3 Å². The molecule has 6 heteroatoms. The maximum atomic E-state index is 13.0. The van der Waals surface area contributed by atoms with Crippen LogP contribution in [-0.4, -0.2) is 30.3 Å². The van der Waals surface area contributed by atoms with Crippen LogP contribution in [-0.2, 0) is 9.59 Å². The zero-order valence-corrected chi connectivity index (χ0v) is 17.4. The molecule has 6 nitrogen and oxygen atoms in total. The van der Waals surface area contributed by atoms with Gasteiger partial charge in [0.1, 0.15) is 0 Å². The van der Waals surface area contributed by atoms with Crippen LogP contribution in [0.3, 0.4) is 0 Å². The monoisotopic (exact) mass is 409 g/mol. The molecule has 0 spiro atoms. The Kier molecular flexibility index (Phi) is 5.03. The average Bonchev–Trinajstić information content (AvgIpc) is 3.51. The van der Waals surface area contributed by atoms with E-state index in [4.69, 9.17) is 0 Å². The van der Waals surface area contributed by atoms with Crippen molar-refractivity contribution >= 4 is 23.4 Å². The summed E-state index contributed by atoms with van der Waals surface area (Å²) >= 11 is 0. The van der Waals surface area contributed by atoms with Crippen LogP contribution in [0, 0.1) is 23.2 Å². The lowest BCUT2D eigenvalue weighted by atomic mass is 9.49. The average molecular weight is 410 g/mol. The lowest BCUT2D eigenvalue weighted by molar-refractivity contribution is -0.146. The Hall–Kier alpha value is -2.37.